The van der Waals surface area contributed by atoms with Gasteiger partial charge in [-0.3, -0.25) is 0 Å². The Morgan fingerprint density at radius 3 is 1.50 bits per heavy atom. The summed E-state index contributed by atoms with van der Waals surface area (Å²) < 4.78 is 0. The summed E-state index contributed by atoms with van der Waals surface area (Å²) in [7, 11) is 0. The van der Waals surface area contributed by atoms with Crippen LogP contribution in [0.25, 0.3) is 0 Å². The highest BCUT2D eigenvalue weighted by Crippen LogP contribution is 2.50. The van der Waals surface area contributed by atoms with Gasteiger partial charge >= 0.3 is 0 Å². The highest BCUT2D eigenvalue weighted by Gasteiger charge is 2.44. The standard InChI is InChI=1S/C15H25N/c1-2-10(1)14(11-3-4-11)9-16-15(12-5-6-12)13-7-8-13/h10-16H,1-9H2. The normalized spacial score (nSPS) is 30.4. The number of nitrogens with one attached hydrogen (secondary N) is 1. The zero-order valence-corrected chi connectivity index (χ0v) is 10.3. The molecule has 0 heterocycles. The van der Waals surface area contributed by atoms with Crippen LogP contribution in [0.15, 0.2) is 0 Å². The van der Waals surface area contributed by atoms with Crippen molar-refractivity contribution in [3.05, 3.63) is 0 Å². The van der Waals surface area contributed by atoms with E-state index >= 15 is 0 Å². The SMILES string of the molecule is C1CC1C(CNC(C1CC1)C1CC1)C1CC1. The second kappa shape index (κ2) is 3.73. The smallest absolute Gasteiger partial charge is 0.0124 e. The highest BCUT2D eigenvalue weighted by molar-refractivity contribution is 4.98. The Hall–Kier alpha value is -0.0400. The minimum absolute atomic E-state index is 0.931. The third-order valence-electron chi connectivity index (χ3n) is 5.30. The van der Waals surface area contributed by atoms with Crippen molar-refractivity contribution in [2.75, 3.05) is 6.54 Å². The number of hydrogen-bond donors (Lipinski definition) is 1. The molecule has 0 bridgehead atoms. The summed E-state index contributed by atoms with van der Waals surface area (Å²) >= 11 is 0. The summed E-state index contributed by atoms with van der Waals surface area (Å²) in [5, 5.41) is 3.99. The fraction of sp³-hybridized carbons (Fsp3) is 1.00. The maximum absolute atomic E-state index is 3.99. The molecule has 4 aliphatic carbocycles. The van der Waals surface area contributed by atoms with Crippen molar-refractivity contribution >= 4 is 0 Å². The first-order valence-electron chi connectivity index (χ1n) is 7.65. The van der Waals surface area contributed by atoms with Gasteiger partial charge in [0.05, 0.1) is 0 Å². The third kappa shape index (κ3) is 2.16. The van der Waals surface area contributed by atoms with Gasteiger partial charge in [-0.25, -0.2) is 0 Å². The molecule has 0 saturated heterocycles. The van der Waals surface area contributed by atoms with E-state index in [-0.39, 0.29) is 0 Å². The lowest BCUT2D eigenvalue weighted by atomic mass is 9.96. The van der Waals surface area contributed by atoms with Crippen molar-refractivity contribution in [2.45, 2.75) is 57.4 Å². The lowest BCUT2D eigenvalue weighted by molar-refractivity contribution is 0.325. The van der Waals surface area contributed by atoms with Crippen molar-refractivity contribution < 1.29 is 0 Å². The molecule has 0 aliphatic heterocycles. The monoisotopic (exact) mass is 219 g/mol. The van der Waals surface area contributed by atoms with Gasteiger partial charge in [-0.15, -0.1) is 0 Å². The van der Waals surface area contributed by atoms with Crippen LogP contribution in [0.5, 0.6) is 0 Å². The maximum Gasteiger partial charge on any atom is 0.0124 e. The molecule has 1 N–H and O–H groups in total. The van der Waals surface area contributed by atoms with Crippen molar-refractivity contribution in [3.8, 4) is 0 Å². The van der Waals surface area contributed by atoms with Gasteiger partial charge < -0.3 is 5.32 Å². The van der Waals surface area contributed by atoms with Crippen LogP contribution < -0.4 is 5.32 Å². The zero-order chi connectivity index (χ0) is 10.5. The molecular formula is C15H25N. The van der Waals surface area contributed by atoms with Gasteiger partial charge in [0.15, 0.2) is 0 Å². The molecular weight excluding hydrogens is 194 g/mol. The quantitative estimate of drug-likeness (QED) is 0.693. The topological polar surface area (TPSA) is 12.0 Å². The fourth-order valence-electron chi connectivity index (χ4n) is 3.67. The summed E-state index contributed by atoms with van der Waals surface area (Å²) in [4.78, 5) is 0. The first-order valence-corrected chi connectivity index (χ1v) is 7.65. The molecule has 0 aromatic heterocycles. The summed E-state index contributed by atoms with van der Waals surface area (Å²) in [5.41, 5.74) is 0. The molecule has 0 amide bonds. The van der Waals surface area contributed by atoms with Crippen LogP contribution in [0.3, 0.4) is 0 Å². The van der Waals surface area contributed by atoms with Gasteiger partial charge in [-0.2, -0.15) is 0 Å². The lowest BCUT2D eigenvalue weighted by Gasteiger charge is -2.23. The summed E-state index contributed by atoms with van der Waals surface area (Å²) in [5.74, 6) is 5.47. The molecule has 0 radical (unpaired) electrons. The van der Waals surface area contributed by atoms with Gasteiger partial charge in [-0.1, -0.05) is 0 Å². The van der Waals surface area contributed by atoms with Crippen LogP contribution in [0.2, 0.25) is 0 Å². The molecule has 0 unspecified atom stereocenters. The van der Waals surface area contributed by atoms with E-state index in [0.717, 1.165) is 35.6 Å². The lowest BCUT2D eigenvalue weighted by Crippen LogP contribution is -2.37. The average Bonchev–Trinajstić information content (AvgIpc) is 3.10. The third-order valence-corrected chi connectivity index (χ3v) is 5.30. The molecule has 4 rings (SSSR count). The Bertz CT molecular complexity index is 207. The van der Waals surface area contributed by atoms with E-state index in [1.54, 1.807) is 25.7 Å². The van der Waals surface area contributed by atoms with Crippen LogP contribution in [0, 0.1) is 29.6 Å². The molecule has 0 spiro atoms. The van der Waals surface area contributed by atoms with Crippen LogP contribution in [0.1, 0.15) is 51.4 Å². The Labute approximate surface area is 99.4 Å². The van der Waals surface area contributed by atoms with Gasteiger partial charge in [-0.05, 0) is 87.5 Å². The van der Waals surface area contributed by atoms with Gasteiger partial charge in [0, 0.05) is 6.04 Å². The summed E-state index contributed by atoms with van der Waals surface area (Å²) in [6, 6.07) is 0.931. The Balaban J connectivity index is 1.31. The minimum Gasteiger partial charge on any atom is -0.313 e. The van der Waals surface area contributed by atoms with E-state index in [9.17, 15) is 0 Å². The van der Waals surface area contributed by atoms with E-state index in [1.807, 2.05) is 0 Å². The molecule has 16 heavy (non-hydrogen) atoms. The Kier molecular flexibility index (Phi) is 2.32. The molecule has 4 aliphatic rings. The molecule has 1 heteroatoms. The largest absolute Gasteiger partial charge is 0.313 e. The average molecular weight is 219 g/mol. The van der Waals surface area contributed by atoms with E-state index < -0.39 is 0 Å². The molecule has 1 nitrogen and oxygen atoms in total. The van der Waals surface area contributed by atoms with E-state index in [4.69, 9.17) is 0 Å². The highest BCUT2D eigenvalue weighted by atomic mass is 15.0. The van der Waals surface area contributed by atoms with Gasteiger partial charge in [0.25, 0.3) is 0 Å². The predicted octanol–water partition coefficient (Wildman–Crippen LogP) is 3.20. The molecule has 0 aromatic carbocycles. The van der Waals surface area contributed by atoms with E-state index in [0.29, 0.717) is 0 Å². The van der Waals surface area contributed by atoms with Crippen molar-refractivity contribution in [1.29, 1.82) is 0 Å². The van der Waals surface area contributed by atoms with E-state index in [1.165, 1.54) is 32.2 Å². The molecule has 4 saturated carbocycles. The van der Waals surface area contributed by atoms with Crippen molar-refractivity contribution in [3.63, 3.8) is 0 Å². The van der Waals surface area contributed by atoms with E-state index in [2.05, 4.69) is 5.32 Å². The Morgan fingerprint density at radius 2 is 1.12 bits per heavy atom. The van der Waals surface area contributed by atoms with Crippen LogP contribution >= 0.6 is 0 Å². The summed E-state index contributed by atoms with van der Waals surface area (Å²) in [6.07, 6.45) is 12.2. The predicted molar refractivity (Wildman–Crippen MR) is 66.2 cm³/mol. The number of rotatable bonds is 7. The molecule has 4 fully saturated rings. The second-order valence-electron chi connectivity index (χ2n) is 6.95. The second-order valence-corrected chi connectivity index (χ2v) is 6.95. The van der Waals surface area contributed by atoms with Gasteiger partial charge in [0.2, 0.25) is 0 Å². The van der Waals surface area contributed by atoms with Crippen LogP contribution in [0.4, 0.5) is 0 Å². The number of hydrogen-bond acceptors (Lipinski definition) is 1. The first kappa shape index (κ1) is 9.94. The zero-order valence-electron chi connectivity index (χ0n) is 10.3. The summed E-state index contributed by atoms with van der Waals surface area (Å²) in [6.45, 7) is 1.37. The fourth-order valence-corrected chi connectivity index (χ4v) is 3.67. The van der Waals surface area contributed by atoms with Crippen molar-refractivity contribution in [1.82, 2.24) is 5.32 Å². The maximum atomic E-state index is 3.99. The minimum atomic E-state index is 0.931. The van der Waals surface area contributed by atoms with Crippen LogP contribution in [-0.4, -0.2) is 12.6 Å². The first-order chi connectivity index (χ1) is 7.92. The molecule has 90 valence electrons. The Morgan fingerprint density at radius 1 is 0.688 bits per heavy atom. The molecule has 0 aromatic rings. The van der Waals surface area contributed by atoms with Gasteiger partial charge in [0.1, 0.15) is 0 Å². The van der Waals surface area contributed by atoms with Crippen LogP contribution in [-0.2, 0) is 0 Å². The van der Waals surface area contributed by atoms with Crippen molar-refractivity contribution in [2.24, 2.45) is 29.6 Å². The molecule has 0 atom stereocenters.